The van der Waals surface area contributed by atoms with Gasteiger partial charge < -0.3 is 5.32 Å². The topological polar surface area (TPSA) is 59.8 Å². The lowest BCUT2D eigenvalue weighted by Gasteiger charge is -2.29. The summed E-state index contributed by atoms with van der Waals surface area (Å²) in [5.41, 5.74) is 2.20. The zero-order valence-corrected chi connectivity index (χ0v) is 17.0. The molecule has 1 aromatic heterocycles. The van der Waals surface area contributed by atoms with E-state index in [-0.39, 0.29) is 5.91 Å². The van der Waals surface area contributed by atoms with Gasteiger partial charge in [-0.2, -0.15) is 0 Å². The standard InChI is InChI=1S/C21H28N4OS/c1-4-12-25-20(17-10-7-8-15(2)13-17)23-24-21(25)27-14-19(26)22-18-11-6-5-9-16(18)3/h4,7-8,10,13,16,18H,1,5-6,9,11-12,14H2,2-3H3,(H,22,26). The second kappa shape index (κ2) is 9.22. The Morgan fingerprint density at radius 2 is 2.19 bits per heavy atom. The predicted molar refractivity (Wildman–Crippen MR) is 111 cm³/mol. The molecule has 3 rings (SSSR count). The number of rotatable bonds is 7. The number of benzene rings is 1. The summed E-state index contributed by atoms with van der Waals surface area (Å²) in [6, 6.07) is 8.51. The van der Waals surface area contributed by atoms with Gasteiger partial charge in [0, 0.05) is 18.2 Å². The van der Waals surface area contributed by atoms with Crippen molar-refractivity contribution in [2.75, 3.05) is 5.75 Å². The van der Waals surface area contributed by atoms with E-state index in [1.54, 1.807) is 0 Å². The molecule has 2 atom stereocenters. The molecular weight excluding hydrogens is 356 g/mol. The number of aromatic nitrogens is 3. The number of amides is 1. The van der Waals surface area contributed by atoms with E-state index in [4.69, 9.17) is 0 Å². The fourth-order valence-electron chi connectivity index (χ4n) is 3.60. The van der Waals surface area contributed by atoms with Crippen LogP contribution in [0.25, 0.3) is 11.4 Å². The van der Waals surface area contributed by atoms with Crippen LogP contribution in [0.15, 0.2) is 42.1 Å². The summed E-state index contributed by atoms with van der Waals surface area (Å²) in [6.07, 6.45) is 6.59. The van der Waals surface area contributed by atoms with E-state index in [1.165, 1.54) is 36.6 Å². The van der Waals surface area contributed by atoms with Crippen molar-refractivity contribution in [2.45, 2.75) is 57.3 Å². The predicted octanol–water partition coefficient (Wildman–Crippen LogP) is 4.23. The van der Waals surface area contributed by atoms with Gasteiger partial charge in [0.1, 0.15) is 0 Å². The number of hydrogen-bond donors (Lipinski definition) is 1. The number of allylic oxidation sites excluding steroid dienone is 1. The summed E-state index contributed by atoms with van der Waals surface area (Å²) in [4.78, 5) is 12.4. The first-order valence-corrected chi connectivity index (χ1v) is 10.6. The van der Waals surface area contributed by atoms with Gasteiger partial charge in [-0.05, 0) is 31.7 Å². The third kappa shape index (κ3) is 5.01. The molecule has 1 aliphatic carbocycles. The van der Waals surface area contributed by atoms with Crippen LogP contribution in [0.5, 0.6) is 0 Å². The lowest BCUT2D eigenvalue weighted by molar-refractivity contribution is -0.119. The molecule has 2 unspecified atom stereocenters. The highest BCUT2D eigenvalue weighted by Gasteiger charge is 2.23. The van der Waals surface area contributed by atoms with Crippen LogP contribution in [0, 0.1) is 12.8 Å². The average Bonchev–Trinajstić information content (AvgIpc) is 3.05. The molecule has 0 radical (unpaired) electrons. The van der Waals surface area contributed by atoms with Crippen molar-refractivity contribution in [2.24, 2.45) is 5.92 Å². The highest BCUT2D eigenvalue weighted by molar-refractivity contribution is 7.99. The molecule has 0 saturated heterocycles. The van der Waals surface area contributed by atoms with Gasteiger partial charge in [0.2, 0.25) is 5.91 Å². The minimum atomic E-state index is 0.0732. The number of nitrogens with zero attached hydrogens (tertiary/aromatic N) is 3. The van der Waals surface area contributed by atoms with Crippen LogP contribution >= 0.6 is 11.8 Å². The largest absolute Gasteiger partial charge is 0.352 e. The van der Waals surface area contributed by atoms with Gasteiger partial charge >= 0.3 is 0 Å². The molecule has 0 aliphatic heterocycles. The molecular formula is C21H28N4OS. The van der Waals surface area contributed by atoms with Gasteiger partial charge in [-0.25, -0.2) is 0 Å². The molecule has 0 bridgehead atoms. The summed E-state index contributed by atoms with van der Waals surface area (Å²) in [7, 11) is 0. The molecule has 1 amide bonds. The second-order valence-corrected chi connectivity index (χ2v) is 8.24. The molecule has 1 aromatic carbocycles. The van der Waals surface area contributed by atoms with Gasteiger partial charge in [-0.15, -0.1) is 16.8 Å². The summed E-state index contributed by atoms with van der Waals surface area (Å²) in [6.45, 7) is 8.74. The molecule has 1 saturated carbocycles. The van der Waals surface area contributed by atoms with E-state index in [1.807, 2.05) is 22.8 Å². The summed E-state index contributed by atoms with van der Waals surface area (Å²) in [5, 5.41) is 12.6. The van der Waals surface area contributed by atoms with Crippen molar-refractivity contribution in [1.29, 1.82) is 0 Å². The van der Waals surface area contributed by atoms with Crippen molar-refractivity contribution < 1.29 is 4.79 Å². The van der Waals surface area contributed by atoms with Crippen LogP contribution in [-0.4, -0.2) is 32.5 Å². The van der Waals surface area contributed by atoms with Crippen LogP contribution in [0.4, 0.5) is 0 Å². The average molecular weight is 385 g/mol. The minimum Gasteiger partial charge on any atom is -0.352 e. The molecule has 5 nitrogen and oxygen atoms in total. The van der Waals surface area contributed by atoms with Gasteiger partial charge in [0.15, 0.2) is 11.0 Å². The number of hydrogen-bond acceptors (Lipinski definition) is 4. The van der Waals surface area contributed by atoms with Crippen molar-refractivity contribution in [3.05, 3.63) is 42.5 Å². The smallest absolute Gasteiger partial charge is 0.230 e. The third-order valence-corrected chi connectivity index (χ3v) is 6.06. The van der Waals surface area contributed by atoms with E-state index in [0.29, 0.717) is 24.3 Å². The Hall–Kier alpha value is -2.08. The van der Waals surface area contributed by atoms with E-state index in [0.717, 1.165) is 23.0 Å². The lowest BCUT2D eigenvalue weighted by atomic mass is 9.86. The van der Waals surface area contributed by atoms with Crippen molar-refractivity contribution in [3.8, 4) is 11.4 Å². The number of carbonyl (C=O) groups excluding carboxylic acids is 1. The molecule has 1 heterocycles. The van der Waals surface area contributed by atoms with Crippen molar-refractivity contribution >= 4 is 17.7 Å². The number of aryl methyl sites for hydroxylation is 1. The summed E-state index contributed by atoms with van der Waals surface area (Å²) in [5.74, 6) is 1.79. The van der Waals surface area contributed by atoms with Gasteiger partial charge in [0.25, 0.3) is 0 Å². The fraction of sp³-hybridized carbons (Fsp3) is 0.476. The monoisotopic (exact) mass is 384 g/mol. The molecule has 0 spiro atoms. The number of thioether (sulfide) groups is 1. The first-order valence-electron chi connectivity index (χ1n) is 9.61. The van der Waals surface area contributed by atoms with Gasteiger partial charge in [0.05, 0.1) is 5.75 Å². The van der Waals surface area contributed by atoms with E-state index in [2.05, 4.69) is 48.1 Å². The zero-order chi connectivity index (χ0) is 19.2. The summed E-state index contributed by atoms with van der Waals surface area (Å²) < 4.78 is 2.02. The van der Waals surface area contributed by atoms with Crippen LogP contribution in [0.3, 0.4) is 0 Å². The van der Waals surface area contributed by atoms with Crippen LogP contribution in [-0.2, 0) is 11.3 Å². The Balaban J connectivity index is 1.67. The molecule has 144 valence electrons. The van der Waals surface area contributed by atoms with Crippen LogP contribution in [0.2, 0.25) is 0 Å². The minimum absolute atomic E-state index is 0.0732. The Kier molecular flexibility index (Phi) is 6.72. The quantitative estimate of drug-likeness (QED) is 0.573. The Labute approximate surface area is 165 Å². The highest BCUT2D eigenvalue weighted by atomic mass is 32.2. The van der Waals surface area contributed by atoms with Crippen molar-refractivity contribution in [1.82, 2.24) is 20.1 Å². The first kappa shape index (κ1) is 19.7. The number of carbonyl (C=O) groups is 1. The van der Waals surface area contributed by atoms with Crippen LogP contribution < -0.4 is 5.32 Å². The van der Waals surface area contributed by atoms with E-state index in [9.17, 15) is 4.79 Å². The zero-order valence-electron chi connectivity index (χ0n) is 16.1. The van der Waals surface area contributed by atoms with E-state index < -0.39 is 0 Å². The highest BCUT2D eigenvalue weighted by Crippen LogP contribution is 2.26. The summed E-state index contributed by atoms with van der Waals surface area (Å²) >= 11 is 1.43. The maximum absolute atomic E-state index is 12.4. The molecule has 1 N–H and O–H groups in total. The SMILES string of the molecule is C=CCn1c(SCC(=O)NC2CCCCC2C)nnc1-c1cccc(C)c1. The Morgan fingerprint density at radius 3 is 2.93 bits per heavy atom. The van der Waals surface area contributed by atoms with Gasteiger partial charge in [-0.1, -0.05) is 61.4 Å². The fourth-order valence-corrected chi connectivity index (χ4v) is 4.36. The Bertz CT molecular complexity index is 801. The van der Waals surface area contributed by atoms with Crippen LogP contribution in [0.1, 0.15) is 38.2 Å². The molecule has 1 aliphatic rings. The third-order valence-electron chi connectivity index (χ3n) is 5.10. The molecule has 2 aromatic rings. The van der Waals surface area contributed by atoms with Crippen molar-refractivity contribution in [3.63, 3.8) is 0 Å². The second-order valence-electron chi connectivity index (χ2n) is 7.30. The maximum atomic E-state index is 12.4. The normalized spacial score (nSPS) is 19.6. The molecule has 27 heavy (non-hydrogen) atoms. The van der Waals surface area contributed by atoms with Gasteiger partial charge in [-0.3, -0.25) is 9.36 Å². The lowest BCUT2D eigenvalue weighted by Crippen LogP contribution is -2.41. The maximum Gasteiger partial charge on any atom is 0.230 e. The van der Waals surface area contributed by atoms with E-state index >= 15 is 0 Å². The molecule has 1 fully saturated rings. The number of nitrogens with one attached hydrogen (secondary N) is 1. The Morgan fingerprint density at radius 1 is 1.37 bits per heavy atom. The first-order chi connectivity index (χ1) is 13.1. The molecule has 6 heteroatoms.